The van der Waals surface area contributed by atoms with Gasteiger partial charge < -0.3 is 9.15 Å². The van der Waals surface area contributed by atoms with Crippen LogP contribution in [-0.4, -0.2) is 17.8 Å². The number of anilines is 1. The van der Waals surface area contributed by atoms with Crippen LogP contribution >= 0.6 is 11.6 Å². The van der Waals surface area contributed by atoms with Crippen molar-refractivity contribution in [3.05, 3.63) is 101 Å². The number of nitrogens with zero attached hydrogens (tertiary/aromatic N) is 3. The molecule has 33 heavy (non-hydrogen) atoms. The van der Waals surface area contributed by atoms with Gasteiger partial charge in [0, 0.05) is 22.1 Å². The van der Waals surface area contributed by atoms with Crippen LogP contribution in [0.2, 0.25) is 5.02 Å². The number of fused-ring (bicyclic) bond motifs is 3. The number of hydrogen-bond donors (Lipinski definition) is 0. The fourth-order valence-corrected chi connectivity index (χ4v) is 5.02. The second kappa shape index (κ2) is 8.09. The van der Waals surface area contributed by atoms with E-state index in [4.69, 9.17) is 30.8 Å². The average Bonchev–Trinajstić information content (AvgIpc) is 3.50. The van der Waals surface area contributed by atoms with E-state index in [1.54, 1.807) is 13.4 Å². The second-order valence-electron chi connectivity index (χ2n) is 8.38. The van der Waals surface area contributed by atoms with Gasteiger partial charge in [-0.25, -0.2) is 5.01 Å². The number of aryl methyl sites for hydroxylation is 1. The van der Waals surface area contributed by atoms with E-state index in [9.17, 15) is 0 Å². The minimum absolute atomic E-state index is 0.0187. The van der Waals surface area contributed by atoms with Crippen LogP contribution in [0.25, 0.3) is 11.3 Å². The van der Waals surface area contributed by atoms with E-state index in [1.165, 1.54) is 11.1 Å². The maximum atomic E-state index is 6.19. The second-order valence-corrected chi connectivity index (χ2v) is 8.81. The molecule has 1 aromatic heterocycles. The van der Waals surface area contributed by atoms with Crippen molar-refractivity contribution in [1.29, 1.82) is 0 Å². The van der Waals surface area contributed by atoms with E-state index in [2.05, 4.69) is 24.3 Å². The molecule has 164 valence electrons. The first kappa shape index (κ1) is 20.1. The number of aromatic nitrogens is 1. The Balaban J connectivity index is 1.45. The molecular weight excluding hydrogens is 434 g/mol. The molecule has 0 radical (unpaired) electrons. The molecule has 0 amide bonds. The van der Waals surface area contributed by atoms with Crippen molar-refractivity contribution in [3.63, 3.8) is 0 Å². The minimum atomic E-state index is -0.0187. The molecule has 6 heteroatoms. The van der Waals surface area contributed by atoms with Gasteiger partial charge in [-0.05, 0) is 54.3 Å². The zero-order valence-electron chi connectivity index (χ0n) is 18.1. The molecule has 0 fully saturated rings. The van der Waals surface area contributed by atoms with Crippen molar-refractivity contribution in [1.82, 2.24) is 4.98 Å². The summed E-state index contributed by atoms with van der Waals surface area (Å²) in [4.78, 5) is 4.80. The third-order valence-electron chi connectivity index (χ3n) is 6.49. The van der Waals surface area contributed by atoms with Gasteiger partial charge in [0.15, 0.2) is 0 Å². The SMILES string of the molecule is COc1ccc2c(c1)CC[C@H]1C2=NN(c2nc(-c3ccccc3)co2)[C@@H]1c1ccc(Cl)cc1. The molecule has 0 N–H and O–H groups in total. The fourth-order valence-electron chi connectivity index (χ4n) is 4.89. The number of halogens is 1. The van der Waals surface area contributed by atoms with E-state index in [0.717, 1.165) is 41.1 Å². The van der Waals surface area contributed by atoms with Gasteiger partial charge in [0.05, 0.1) is 18.9 Å². The molecule has 0 unspecified atom stereocenters. The molecule has 6 rings (SSSR count). The molecule has 2 heterocycles. The Kier molecular flexibility index (Phi) is 4.92. The van der Waals surface area contributed by atoms with Crippen molar-refractivity contribution < 1.29 is 9.15 Å². The van der Waals surface area contributed by atoms with Crippen LogP contribution in [0.1, 0.15) is 29.2 Å². The van der Waals surface area contributed by atoms with Crippen molar-refractivity contribution in [2.75, 3.05) is 12.1 Å². The first-order valence-electron chi connectivity index (χ1n) is 11.0. The van der Waals surface area contributed by atoms with E-state index >= 15 is 0 Å². The van der Waals surface area contributed by atoms with Crippen molar-refractivity contribution in [2.24, 2.45) is 11.0 Å². The van der Waals surface area contributed by atoms with Crippen LogP contribution in [0.15, 0.2) is 88.6 Å². The molecule has 0 saturated carbocycles. The third kappa shape index (κ3) is 3.49. The quantitative estimate of drug-likeness (QED) is 0.351. The van der Waals surface area contributed by atoms with E-state index < -0.39 is 0 Å². The Hall–Kier alpha value is -3.57. The van der Waals surface area contributed by atoms with Crippen LogP contribution in [0, 0.1) is 5.92 Å². The van der Waals surface area contributed by atoms with Gasteiger partial charge in [0.2, 0.25) is 0 Å². The summed E-state index contributed by atoms with van der Waals surface area (Å²) in [6, 6.07) is 24.7. The van der Waals surface area contributed by atoms with Crippen molar-refractivity contribution in [3.8, 4) is 17.0 Å². The third-order valence-corrected chi connectivity index (χ3v) is 6.75. The fraction of sp³-hybridized carbons (Fsp3) is 0.185. The Morgan fingerprint density at radius 2 is 1.85 bits per heavy atom. The number of methoxy groups -OCH3 is 1. The van der Waals surface area contributed by atoms with Crippen molar-refractivity contribution in [2.45, 2.75) is 18.9 Å². The molecule has 4 aromatic rings. The predicted octanol–water partition coefficient (Wildman–Crippen LogP) is 6.53. The molecule has 2 atom stereocenters. The van der Waals surface area contributed by atoms with Gasteiger partial charge in [-0.1, -0.05) is 54.1 Å². The first-order chi connectivity index (χ1) is 16.2. The maximum Gasteiger partial charge on any atom is 0.319 e. The van der Waals surface area contributed by atoms with Crippen molar-refractivity contribution >= 4 is 23.3 Å². The Morgan fingerprint density at radius 1 is 1.03 bits per heavy atom. The van der Waals surface area contributed by atoms with Crippen LogP contribution in [-0.2, 0) is 6.42 Å². The molecule has 0 saturated heterocycles. The summed E-state index contributed by atoms with van der Waals surface area (Å²) in [6.45, 7) is 0. The van der Waals surface area contributed by atoms with Gasteiger partial charge >= 0.3 is 6.01 Å². The van der Waals surface area contributed by atoms with Gasteiger partial charge in [-0.3, -0.25) is 0 Å². The monoisotopic (exact) mass is 455 g/mol. The van der Waals surface area contributed by atoms with Crippen LogP contribution < -0.4 is 9.75 Å². The maximum absolute atomic E-state index is 6.19. The zero-order valence-corrected chi connectivity index (χ0v) is 18.9. The molecular formula is C27H22ClN3O2. The summed E-state index contributed by atoms with van der Waals surface area (Å²) in [7, 11) is 1.70. The predicted molar refractivity (Wildman–Crippen MR) is 130 cm³/mol. The van der Waals surface area contributed by atoms with Gasteiger partial charge in [-0.15, -0.1) is 0 Å². The highest BCUT2D eigenvalue weighted by Crippen LogP contribution is 2.46. The summed E-state index contributed by atoms with van der Waals surface area (Å²) in [5.41, 5.74) is 6.44. The lowest BCUT2D eigenvalue weighted by Gasteiger charge is -2.29. The highest BCUT2D eigenvalue weighted by molar-refractivity contribution is 6.30. The highest BCUT2D eigenvalue weighted by Gasteiger charge is 2.43. The summed E-state index contributed by atoms with van der Waals surface area (Å²) < 4.78 is 11.4. The molecule has 0 bridgehead atoms. The topological polar surface area (TPSA) is 50.9 Å². The summed E-state index contributed by atoms with van der Waals surface area (Å²) in [6.07, 6.45) is 3.65. The van der Waals surface area contributed by atoms with Gasteiger partial charge in [0.1, 0.15) is 17.7 Å². The number of benzene rings is 3. The van der Waals surface area contributed by atoms with Crippen LogP contribution in [0.5, 0.6) is 5.75 Å². The van der Waals surface area contributed by atoms with Crippen LogP contribution in [0.3, 0.4) is 0 Å². The molecule has 5 nitrogen and oxygen atoms in total. The number of rotatable bonds is 4. The molecule has 2 aliphatic rings. The smallest absolute Gasteiger partial charge is 0.319 e. The summed E-state index contributed by atoms with van der Waals surface area (Å²) in [5.74, 6) is 1.09. The van der Waals surface area contributed by atoms with Gasteiger partial charge in [-0.2, -0.15) is 10.1 Å². The largest absolute Gasteiger partial charge is 0.497 e. The molecule has 1 aliphatic heterocycles. The Bertz CT molecular complexity index is 1330. The lowest BCUT2D eigenvalue weighted by molar-refractivity contribution is 0.413. The first-order valence-corrected chi connectivity index (χ1v) is 11.4. The lowest BCUT2D eigenvalue weighted by atomic mass is 9.77. The molecule has 0 spiro atoms. The Morgan fingerprint density at radius 3 is 2.64 bits per heavy atom. The number of hydrogen-bond acceptors (Lipinski definition) is 5. The van der Waals surface area contributed by atoms with E-state index in [-0.39, 0.29) is 12.0 Å². The minimum Gasteiger partial charge on any atom is -0.497 e. The lowest BCUT2D eigenvalue weighted by Crippen LogP contribution is -2.29. The molecule has 3 aromatic carbocycles. The van der Waals surface area contributed by atoms with Gasteiger partial charge in [0.25, 0.3) is 0 Å². The summed E-state index contributed by atoms with van der Waals surface area (Å²) >= 11 is 6.19. The number of oxazole rings is 1. The number of ether oxygens (including phenoxy) is 1. The number of hydrazone groups is 1. The molecule has 1 aliphatic carbocycles. The normalized spacial score (nSPS) is 19.1. The average molecular weight is 456 g/mol. The zero-order chi connectivity index (χ0) is 22.4. The Labute approximate surface area is 197 Å². The highest BCUT2D eigenvalue weighted by atomic mass is 35.5. The van der Waals surface area contributed by atoms with E-state index in [1.807, 2.05) is 53.5 Å². The van der Waals surface area contributed by atoms with E-state index in [0.29, 0.717) is 11.0 Å². The van der Waals surface area contributed by atoms with Crippen LogP contribution in [0.4, 0.5) is 6.01 Å². The summed E-state index contributed by atoms with van der Waals surface area (Å²) in [5, 5.41) is 7.74. The standard InChI is InChI=1S/C27H22ClN3O2/c1-32-21-12-14-22-19(15-21)9-13-23-25(22)30-31(26(23)18-7-10-20(28)11-8-18)27-29-24(16-33-27)17-5-3-2-4-6-17/h2-8,10-12,14-16,23,26H,9,13H2,1H3/t23-,26+/m0/s1.